The minimum Gasteiger partial charge on any atom is -0.490 e. The lowest BCUT2D eigenvalue weighted by atomic mass is 10.0. The average Bonchev–Trinajstić information content (AvgIpc) is 3.14. The predicted octanol–water partition coefficient (Wildman–Crippen LogP) is 4.93. The van der Waals surface area contributed by atoms with Crippen molar-refractivity contribution in [3.63, 3.8) is 0 Å². The Labute approximate surface area is 170 Å². The molecule has 1 unspecified atom stereocenters. The highest BCUT2D eigenvalue weighted by Crippen LogP contribution is 2.28. The zero-order chi connectivity index (χ0) is 19.8. The van der Waals surface area contributed by atoms with Crippen LogP contribution in [0.25, 0.3) is 0 Å². The number of para-hydroxylation sites is 2. The van der Waals surface area contributed by atoms with Crippen molar-refractivity contribution >= 4 is 17.2 Å². The molecule has 1 atom stereocenters. The van der Waals surface area contributed by atoms with E-state index in [1.54, 1.807) is 11.3 Å². The zero-order valence-corrected chi connectivity index (χ0v) is 17.0. The number of carbonyl (C=O) groups is 1. The first kappa shape index (κ1) is 20.0. The van der Waals surface area contributed by atoms with Crippen LogP contribution in [0.3, 0.4) is 0 Å². The first-order valence-corrected chi connectivity index (χ1v) is 10.3. The van der Waals surface area contributed by atoms with Crippen LogP contribution in [0.1, 0.15) is 29.0 Å². The van der Waals surface area contributed by atoms with Crippen molar-refractivity contribution in [2.45, 2.75) is 26.3 Å². The van der Waals surface area contributed by atoms with Crippen molar-refractivity contribution < 1.29 is 14.3 Å². The highest BCUT2D eigenvalue weighted by molar-refractivity contribution is 7.10. The highest BCUT2D eigenvalue weighted by Gasteiger charge is 2.19. The molecular weight excluding hydrogens is 370 g/mol. The molecule has 0 aliphatic heterocycles. The summed E-state index contributed by atoms with van der Waals surface area (Å²) in [6, 6.07) is 19.6. The van der Waals surface area contributed by atoms with E-state index in [1.807, 2.05) is 49.4 Å². The fourth-order valence-electron chi connectivity index (χ4n) is 3.02. The summed E-state index contributed by atoms with van der Waals surface area (Å²) in [5, 5.41) is 5.20. The number of hydrogen-bond donors (Lipinski definition) is 1. The lowest BCUT2D eigenvalue weighted by molar-refractivity contribution is -0.123. The number of aryl methyl sites for hydroxylation is 1. The summed E-state index contributed by atoms with van der Waals surface area (Å²) in [4.78, 5) is 13.8. The number of thiophene rings is 1. The molecule has 0 spiro atoms. The summed E-state index contributed by atoms with van der Waals surface area (Å²) in [6.07, 6.45) is 0.740. The molecule has 3 rings (SSSR count). The number of rotatable bonds is 9. The number of amides is 1. The number of nitrogens with one attached hydrogen (secondary N) is 1. The van der Waals surface area contributed by atoms with E-state index in [-0.39, 0.29) is 18.6 Å². The Morgan fingerprint density at radius 3 is 2.32 bits per heavy atom. The van der Waals surface area contributed by atoms with Crippen molar-refractivity contribution in [2.75, 3.05) is 13.2 Å². The molecule has 0 aliphatic rings. The van der Waals surface area contributed by atoms with Gasteiger partial charge in [0.2, 0.25) is 0 Å². The standard InChI is InChI=1S/C23H25NO3S/c1-3-26-20-11-7-8-12-21(20)27-16-22(25)24-19(23-17(2)13-14-28-23)15-18-9-5-4-6-10-18/h4-14,19H,3,15-16H2,1-2H3,(H,24,25). The molecule has 1 N–H and O–H groups in total. The van der Waals surface area contributed by atoms with Crippen LogP contribution in [0.5, 0.6) is 11.5 Å². The first-order chi connectivity index (χ1) is 13.7. The Morgan fingerprint density at radius 2 is 1.68 bits per heavy atom. The molecule has 4 nitrogen and oxygen atoms in total. The van der Waals surface area contributed by atoms with Crippen LogP contribution in [-0.2, 0) is 11.2 Å². The highest BCUT2D eigenvalue weighted by atomic mass is 32.1. The average molecular weight is 396 g/mol. The second-order valence-electron chi connectivity index (χ2n) is 6.45. The predicted molar refractivity (Wildman–Crippen MR) is 113 cm³/mol. The topological polar surface area (TPSA) is 47.6 Å². The van der Waals surface area contributed by atoms with Crippen LogP contribution >= 0.6 is 11.3 Å². The summed E-state index contributed by atoms with van der Waals surface area (Å²) in [7, 11) is 0. The summed E-state index contributed by atoms with van der Waals surface area (Å²) < 4.78 is 11.3. The van der Waals surface area contributed by atoms with Crippen molar-refractivity contribution in [1.82, 2.24) is 5.32 Å². The first-order valence-electron chi connectivity index (χ1n) is 9.39. The SMILES string of the molecule is CCOc1ccccc1OCC(=O)NC(Cc1ccccc1)c1sccc1C. The molecule has 0 radical (unpaired) electrons. The summed E-state index contributed by atoms with van der Waals surface area (Å²) in [5.74, 6) is 1.07. The summed E-state index contributed by atoms with van der Waals surface area (Å²) in [5.41, 5.74) is 2.37. The fourth-order valence-corrected chi connectivity index (χ4v) is 4.00. The molecule has 0 fully saturated rings. The minimum atomic E-state index is -0.153. The largest absolute Gasteiger partial charge is 0.490 e. The van der Waals surface area contributed by atoms with Crippen LogP contribution < -0.4 is 14.8 Å². The Hall–Kier alpha value is -2.79. The maximum Gasteiger partial charge on any atom is 0.258 e. The molecule has 1 heterocycles. The van der Waals surface area contributed by atoms with Crippen molar-refractivity contribution in [3.05, 3.63) is 82.0 Å². The second-order valence-corrected chi connectivity index (χ2v) is 7.39. The van der Waals surface area contributed by atoms with E-state index in [1.165, 1.54) is 16.0 Å². The van der Waals surface area contributed by atoms with Gasteiger partial charge in [0, 0.05) is 4.88 Å². The monoisotopic (exact) mass is 395 g/mol. The van der Waals surface area contributed by atoms with Gasteiger partial charge in [-0.1, -0.05) is 42.5 Å². The molecule has 146 valence electrons. The fraction of sp³-hybridized carbons (Fsp3) is 0.261. The van der Waals surface area contributed by atoms with Crippen LogP contribution in [-0.4, -0.2) is 19.1 Å². The van der Waals surface area contributed by atoms with E-state index in [0.29, 0.717) is 18.1 Å². The van der Waals surface area contributed by atoms with E-state index in [0.717, 1.165) is 6.42 Å². The van der Waals surface area contributed by atoms with Gasteiger partial charge in [0.1, 0.15) is 0 Å². The van der Waals surface area contributed by atoms with E-state index >= 15 is 0 Å². The molecular formula is C23H25NO3S. The van der Waals surface area contributed by atoms with Crippen LogP contribution in [0.2, 0.25) is 0 Å². The summed E-state index contributed by atoms with van der Waals surface area (Å²) >= 11 is 1.67. The maximum absolute atomic E-state index is 12.6. The number of ether oxygens (including phenoxy) is 2. The molecule has 1 aromatic heterocycles. The Balaban J connectivity index is 1.67. The summed E-state index contributed by atoms with van der Waals surface area (Å²) in [6.45, 7) is 4.48. The lowest BCUT2D eigenvalue weighted by Crippen LogP contribution is -2.33. The quantitative estimate of drug-likeness (QED) is 0.559. The minimum absolute atomic E-state index is 0.0558. The van der Waals surface area contributed by atoms with E-state index in [2.05, 4.69) is 35.8 Å². The lowest BCUT2D eigenvalue weighted by Gasteiger charge is -2.19. The van der Waals surface area contributed by atoms with Gasteiger partial charge >= 0.3 is 0 Å². The number of benzene rings is 2. The van der Waals surface area contributed by atoms with Gasteiger partial charge < -0.3 is 14.8 Å². The number of hydrogen-bond acceptors (Lipinski definition) is 4. The molecule has 1 amide bonds. The van der Waals surface area contributed by atoms with Gasteiger partial charge in [-0.25, -0.2) is 0 Å². The smallest absolute Gasteiger partial charge is 0.258 e. The third kappa shape index (κ3) is 5.36. The van der Waals surface area contributed by atoms with E-state index < -0.39 is 0 Å². The van der Waals surface area contributed by atoms with Gasteiger partial charge in [-0.15, -0.1) is 11.3 Å². The molecule has 0 saturated heterocycles. The molecule has 0 saturated carbocycles. The van der Waals surface area contributed by atoms with Crippen molar-refractivity contribution in [1.29, 1.82) is 0 Å². The Kier molecular flexibility index (Phi) is 7.09. The molecule has 2 aromatic carbocycles. The van der Waals surface area contributed by atoms with Crippen LogP contribution in [0.4, 0.5) is 0 Å². The molecule has 0 bridgehead atoms. The van der Waals surface area contributed by atoms with Gasteiger partial charge in [-0.2, -0.15) is 0 Å². The molecule has 3 aromatic rings. The van der Waals surface area contributed by atoms with E-state index in [4.69, 9.17) is 9.47 Å². The molecule has 28 heavy (non-hydrogen) atoms. The number of carbonyl (C=O) groups excluding carboxylic acids is 1. The Morgan fingerprint density at radius 1 is 1.00 bits per heavy atom. The van der Waals surface area contributed by atoms with Gasteiger partial charge in [-0.3, -0.25) is 4.79 Å². The van der Waals surface area contributed by atoms with Crippen LogP contribution in [0.15, 0.2) is 66.0 Å². The van der Waals surface area contributed by atoms with Crippen molar-refractivity contribution in [3.8, 4) is 11.5 Å². The molecule has 0 aliphatic carbocycles. The van der Waals surface area contributed by atoms with Crippen LogP contribution in [0, 0.1) is 6.92 Å². The van der Waals surface area contributed by atoms with Gasteiger partial charge in [-0.05, 0) is 55.0 Å². The van der Waals surface area contributed by atoms with Gasteiger partial charge in [0.25, 0.3) is 5.91 Å². The van der Waals surface area contributed by atoms with Gasteiger partial charge in [0.15, 0.2) is 18.1 Å². The van der Waals surface area contributed by atoms with Crippen molar-refractivity contribution in [2.24, 2.45) is 0 Å². The molecule has 5 heteroatoms. The van der Waals surface area contributed by atoms with E-state index in [9.17, 15) is 4.79 Å². The Bertz CT molecular complexity index is 892. The normalized spacial score (nSPS) is 11.6. The second kappa shape index (κ2) is 9.95. The third-order valence-corrected chi connectivity index (χ3v) is 5.48. The maximum atomic E-state index is 12.6. The zero-order valence-electron chi connectivity index (χ0n) is 16.2. The third-order valence-electron chi connectivity index (χ3n) is 4.34. The van der Waals surface area contributed by atoms with Gasteiger partial charge in [0.05, 0.1) is 12.6 Å².